The van der Waals surface area contributed by atoms with Gasteiger partial charge in [-0.2, -0.15) is 0 Å². The maximum absolute atomic E-state index is 13.4. The van der Waals surface area contributed by atoms with E-state index in [2.05, 4.69) is 20.1 Å². The standard InChI is InChI=1S/C13H20ClF/c1-6-7-8-10(4)11(5)12(14)13(15)9(2)3/h10H,2,5-8H2,1,3-4H3/b13-12-. The van der Waals surface area contributed by atoms with E-state index < -0.39 is 5.83 Å². The van der Waals surface area contributed by atoms with Crippen LogP contribution in [0.15, 0.2) is 35.2 Å². The summed E-state index contributed by atoms with van der Waals surface area (Å²) in [5.41, 5.74) is 1.02. The van der Waals surface area contributed by atoms with Crippen molar-refractivity contribution >= 4 is 11.6 Å². The Hall–Kier alpha value is -0.560. The maximum atomic E-state index is 13.4. The molecule has 0 bridgehead atoms. The molecule has 0 nitrogen and oxygen atoms in total. The molecular weight excluding hydrogens is 211 g/mol. The normalized spacial score (nSPS) is 14.5. The van der Waals surface area contributed by atoms with Crippen LogP contribution in [0.25, 0.3) is 0 Å². The van der Waals surface area contributed by atoms with Gasteiger partial charge in [0.05, 0.1) is 5.03 Å². The molecule has 0 saturated carbocycles. The summed E-state index contributed by atoms with van der Waals surface area (Å²) in [5, 5.41) is 0.131. The minimum Gasteiger partial charge on any atom is -0.205 e. The van der Waals surface area contributed by atoms with Crippen LogP contribution >= 0.6 is 11.6 Å². The first-order chi connectivity index (χ1) is 6.91. The average molecular weight is 231 g/mol. The zero-order chi connectivity index (χ0) is 12.0. The zero-order valence-corrected chi connectivity index (χ0v) is 10.6. The molecule has 2 heteroatoms. The maximum Gasteiger partial charge on any atom is 0.144 e. The summed E-state index contributed by atoms with van der Waals surface area (Å²) in [4.78, 5) is 0. The first kappa shape index (κ1) is 14.4. The van der Waals surface area contributed by atoms with Gasteiger partial charge in [-0.25, -0.2) is 4.39 Å². The molecule has 1 unspecified atom stereocenters. The fourth-order valence-corrected chi connectivity index (χ4v) is 1.58. The number of halogens is 2. The largest absolute Gasteiger partial charge is 0.205 e. The number of rotatable bonds is 6. The van der Waals surface area contributed by atoms with E-state index in [1.165, 1.54) is 0 Å². The molecular formula is C13H20ClF. The van der Waals surface area contributed by atoms with Crippen LogP contribution in [-0.2, 0) is 0 Å². The lowest BCUT2D eigenvalue weighted by atomic mass is 9.95. The van der Waals surface area contributed by atoms with Gasteiger partial charge in [0.25, 0.3) is 0 Å². The highest BCUT2D eigenvalue weighted by molar-refractivity contribution is 6.32. The van der Waals surface area contributed by atoms with Crippen molar-refractivity contribution in [2.24, 2.45) is 5.92 Å². The summed E-state index contributed by atoms with van der Waals surface area (Å²) in [6, 6.07) is 0. The number of unbranched alkanes of at least 4 members (excludes halogenated alkanes) is 1. The van der Waals surface area contributed by atoms with Gasteiger partial charge in [0.1, 0.15) is 5.83 Å². The minimum atomic E-state index is -0.440. The Morgan fingerprint density at radius 1 is 1.40 bits per heavy atom. The lowest BCUT2D eigenvalue weighted by molar-refractivity contribution is 0.574. The van der Waals surface area contributed by atoms with Crippen LogP contribution in [0, 0.1) is 5.92 Å². The van der Waals surface area contributed by atoms with Gasteiger partial charge in [-0.1, -0.05) is 51.4 Å². The molecule has 0 aliphatic rings. The summed E-state index contributed by atoms with van der Waals surface area (Å²) in [6.45, 7) is 13.1. The van der Waals surface area contributed by atoms with Crippen LogP contribution in [0.3, 0.4) is 0 Å². The summed E-state index contributed by atoms with van der Waals surface area (Å²) in [6.07, 6.45) is 3.23. The highest BCUT2D eigenvalue weighted by atomic mass is 35.5. The Balaban J connectivity index is 4.57. The smallest absolute Gasteiger partial charge is 0.144 e. The van der Waals surface area contributed by atoms with Crippen LogP contribution in [0.1, 0.15) is 40.0 Å². The van der Waals surface area contributed by atoms with Gasteiger partial charge in [-0.15, -0.1) is 0 Å². The molecule has 0 aromatic heterocycles. The molecule has 0 fully saturated rings. The molecule has 86 valence electrons. The molecule has 0 amide bonds. The monoisotopic (exact) mass is 230 g/mol. The number of allylic oxidation sites excluding steroid dienone is 4. The molecule has 0 N–H and O–H groups in total. The molecule has 0 rings (SSSR count). The van der Waals surface area contributed by atoms with Crippen LogP contribution in [0.5, 0.6) is 0 Å². The van der Waals surface area contributed by atoms with Crippen molar-refractivity contribution in [3.63, 3.8) is 0 Å². The highest BCUT2D eigenvalue weighted by Gasteiger charge is 2.14. The zero-order valence-electron chi connectivity index (χ0n) is 9.87. The number of hydrogen-bond acceptors (Lipinski definition) is 0. The van der Waals surface area contributed by atoms with Crippen molar-refractivity contribution in [2.75, 3.05) is 0 Å². The lowest BCUT2D eigenvalue weighted by Gasteiger charge is -2.14. The Morgan fingerprint density at radius 2 is 1.93 bits per heavy atom. The van der Waals surface area contributed by atoms with Crippen molar-refractivity contribution in [1.29, 1.82) is 0 Å². The van der Waals surface area contributed by atoms with Gasteiger partial charge in [0, 0.05) is 0 Å². The van der Waals surface area contributed by atoms with Crippen molar-refractivity contribution in [3.05, 3.63) is 35.2 Å². The fourth-order valence-electron chi connectivity index (χ4n) is 1.23. The average Bonchev–Trinajstić information content (AvgIpc) is 2.22. The second-order valence-corrected chi connectivity index (χ2v) is 4.35. The van der Waals surface area contributed by atoms with Crippen molar-refractivity contribution in [3.8, 4) is 0 Å². The fraction of sp³-hybridized carbons (Fsp3) is 0.538. The molecule has 0 saturated heterocycles. The predicted octanol–water partition coefficient (Wildman–Crippen LogP) is 5.36. The molecule has 0 heterocycles. The van der Waals surface area contributed by atoms with Gasteiger partial charge in [0.15, 0.2) is 0 Å². The van der Waals surface area contributed by atoms with Crippen LogP contribution < -0.4 is 0 Å². The summed E-state index contributed by atoms with van der Waals surface area (Å²) < 4.78 is 13.4. The first-order valence-electron chi connectivity index (χ1n) is 5.32. The third kappa shape index (κ3) is 4.65. The van der Waals surface area contributed by atoms with E-state index in [-0.39, 0.29) is 11.0 Å². The first-order valence-corrected chi connectivity index (χ1v) is 5.69. The lowest BCUT2D eigenvalue weighted by Crippen LogP contribution is -2.00. The van der Waals surface area contributed by atoms with E-state index in [0.29, 0.717) is 11.1 Å². The topological polar surface area (TPSA) is 0 Å². The molecule has 0 aromatic rings. The van der Waals surface area contributed by atoms with E-state index in [4.69, 9.17) is 11.6 Å². The van der Waals surface area contributed by atoms with Crippen LogP contribution in [0.4, 0.5) is 4.39 Å². The van der Waals surface area contributed by atoms with Crippen LogP contribution in [0.2, 0.25) is 0 Å². The Bertz CT molecular complexity index is 276. The minimum absolute atomic E-state index is 0.131. The van der Waals surface area contributed by atoms with Gasteiger partial charge in [-0.3, -0.25) is 0 Å². The van der Waals surface area contributed by atoms with Crippen molar-refractivity contribution in [1.82, 2.24) is 0 Å². The predicted molar refractivity (Wildman–Crippen MR) is 66.6 cm³/mol. The Morgan fingerprint density at radius 3 is 2.33 bits per heavy atom. The molecule has 0 spiro atoms. The molecule has 15 heavy (non-hydrogen) atoms. The highest BCUT2D eigenvalue weighted by Crippen LogP contribution is 2.30. The second kappa shape index (κ2) is 6.84. The van der Waals surface area contributed by atoms with E-state index >= 15 is 0 Å². The van der Waals surface area contributed by atoms with E-state index in [0.717, 1.165) is 19.3 Å². The quantitative estimate of drug-likeness (QED) is 0.539. The molecule has 0 aromatic carbocycles. The van der Waals surface area contributed by atoms with Gasteiger partial charge in [-0.05, 0) is 30.4 Å². The SMILES string of the molecule is C=C(C)/C(F)=C(/Cl)C(=C)C(C)CCCC. The van der Waals surface area contributed by atoms with Crippen molar-refractivity contribution < 1.29 is 4.39 Å². The Kier molecular flexibility index (Phi) is 6.58. The van der Waals surface area contributed by atoms with Gasteiger partial charge < -0.3 is 0 Å². The van der Waals surface area contributed by atoms with Crippen LogP contribution in [-0.4, -0.2) is 0 Å². The summed E-state index contributed by atoms with van der Waals surface area (Å²) >= 11 is 5.89. The van der Waals surface area contributed by atoms with E-state index in [1.54, 1.807) is 6.92 Å². The summed E-state index contributed by atoms with van der Waals surface area (Å²) in [5.74, 6) is -0.215. The van der Waals surface area contributed by atoms with Crippen molar-refractivity contribution in [2.45, 2.75) is 40.0 Å². The van der Waals surface area contributed by atoms with Gasteiger partial charge >= 0.3 is 0 Å². The number of hydrogen-bond donors (Lipinski definition) is 0. The third-order valence-electron chi connectivity index (χ3n) is 2.43. The summed E-state index contributed by atoms with van der Waals surface area (Å²) in [7, 11) is 0. The van der Waals surface area contributed by atoms with Gasteiger partial charge in [0.2, 0.25) is 0 Å². The molecule has 0 aliphatic heterocycles. The molecule has 0 aliphatic carbocycles. The Labute approximate surface area is 97.5 Å². The molecule has 0 radical (unpaired) electrons. The van der Waals surface area contributed by atoms with E-state index in [9.17, 15) is 4.39 Å². The van der Waals surface area contributed by atoms with E-state index in [1.807, 2.05) is 6.92 Å². The molecule has 1 atom stereocenters. The third-order valence-corrected chi connectivity index (χ3v) is 2.84. The second-order valence-electron chi connectivity index (χ2n) is 3.98.